The number of fused-ring (bicyclic) bond motifs is 2. The van der Waals surface area contributed by atoms with Crippen LogP contribution >= 0.6 is 23.4 Å². The summed E-state index contributed by atoms with van der Waals surface area (Å²) in [6, 6.07) is 25.0. The molecule has 0 atom stereocenters. The highest BCUT2D eigenvalue weighted by Crippen LogP contribution is 2.33. The molecule has 6 rings (SSSR count). The second-order valence-corrected chi connectivity index (χ2v) is 9.72. The average molecular weight is 526 g/mol. The number of nitrogens with one attached hydrogen (secondary N) is 1. The minimum atomic E-state index is -0.469. The van der Waals surface area contributed by atoms with E-state index in [0.29, 0.717) is 28.4 Å². The van der Waals surface area contributed by atoms with Gasteiger partial charge in [-0.15, -0.1) is 0 Å². The lowest BCUT2D eigenvalue weighted by atomic mass is 10.1. The number of thioether (sulfide) groups is 1. The zero-order valence-electron chi connectivity index (χ0n) is 19.5. The summed E-state index contributed by atoms with van der Waals surface area (Å²) in [7, 11) is 0. The lowest BCUT2D eigenvalue weighted by Crippen LogP contribution is -2.35. The zero-order chi connectivity index (χ0) is 25.4. The highest BCUT2D eigenvalue weighted by atomic mass is 35.5. The Bertz CT molecular complexity index is 1640. The number of para-hydroxylation sites is 2. The minimum Gasteiger partial charge on any atom is -0.492 e. The van der Waals surface area contributed by atoms with Crippen molar-refractivity contribution in [2.45, 2.75) is 6.54 Å². The second-order valence-electron chi connectivity index (χ2n) is 8.36. The van der Waals surface area contributed by atoms with E-state index in [2.05, 4.69) is 14.7 Å². The van der Waals surface area contributed by atoms with E-state index >= 15 is 0 Å². The normalized spacial score (nSPS) is 16.2. The van der Waals surface area contributed by atoms with Crippen LogP contribution in [0.5, 0.6) is 5.75 Å². The maximum atomic E-state index is 13.0. The number of amides is 1. The van der Waals surface area contributed by atoms with E-state index in [0.717, 1.165) is 27.8 Å². The SMILES string of the molecule is N=C1/C(=C/c2cn(CCOc3ccccc3)c3ccccc23)C(=O)N=C2SC(c3ccccc3Cl)=NN12. The van der Waals surface area contributed by atoms with E-state index in [1.54, 1.807) is 12.1 Å². The number of carbonyl (C=O) groups is 1. The van der Waals surface area contributed by atoms with Crippen LogP contribution in [-0.2, 0) is 11.3 Å². The predicted molar refractivity (Wildman–Crippen MR) is 149 cm³/mol. The lowest BCUT2D eigenvalue weighted by molar-refractivity contribution is -0.114. The first kappa shape index (κ1) is 23.3. The predicted octanol–water partition coefficient (Wildman–Crippen LogP) is 6.04. The van der Waals surface area contributed by atoms with Crippen LogP contribution in [0.4, 0.5) is 0 Å². The molecule has 3 aromatic carbocycles. The molecule has 182 valence electrons. The van der Waals surface area contributed by atoms with Crippen LogP contribution in [0.3, 0.4) is 0 Å². The summed E-state index contributed by atoms with van der Waals surface area (Å²) in [6.07, 6.45) is 3.69. The Morgan fingerprint density at radius 1 is 1.00 bits per heavy atom. The Morgan fingerprint density at radius 2 is 1.76 bits per heavy atom. The second kappa shape index (κ2) is 9.72. The van der Waals surface area contributed by atoms with Crippen molar-refractivity contribution in [2.75, 3.05) is 6.61 Å². The van der Waals surface area contributed by atoms with Crippen molar-refractivity contribution in [3.05, 3.63) is 107 Å². The maximum absolute atomic E-state index is 13.0. The van der Waals surface area contributed by atoms with E-state index in [1.807, 2.05) is 79.0 Å². The van der Waals surface area contributed by atoms with Crippen LogP contribution in [0.25, 0.3) is 17.0 Å². The smallest absolute Gasteiger partial charge is 0.283 e. The average Bonchev–Trinajstić information content (AvgIpc) is 3.49. The van der Waals surface area contributed by atoms with Gasteiger partial charge >= 0.3 is 0 Å². The standard InChI is InChI=1S/C28H20ClN5O2S/c29-23-12-6-4-11-21(23)27-32-34-25(30)22(26(35)31-28(34)37-27)16-18-17-33(24-13-7-5-10-20(18)24)14-15-36-19-8-2-1-3-9-19/h1-13,16-17,30H,14-15H2/b22-16-,30-25?. The van der Waals surface area contributed by atoms with Gasteiger partial charge in [-0.2, -0.15) is 15.1 Å². The molecule has 0 radical (unpaired) electrons. The fourth-order valence-corrected chi connectivity index (χ4v) is 5.46. The molecule has 1 N–H and O–H groups in total. The van der Waals surface area contributed by atoms with E-state index in [1.165, 1.54) is 16.8 Å². The quantitative estimate of drug-likeness (QED) is 0.311. The third-order valence-corrected chi connectivity index (χ3v) is 7.29. The van der Waals surface area contributed by atoms with Crippen molar-refractivity contribution < 1.29 is 9.53 Å². The number of hydrogen-bond donors (Lipinski definition) is 1. The van der Waals surface area contributed by atoms with Crippen LogP contribution in [-0.4, -0.2) is 38.1 Å². The summed E-state index contributed by atoms with van der Waals surface area (Å²) in [5.41, 5.74) is 2.75. The van der Waals surface area contributed by atoms with Gasteiger partial charge in [0.05, 0.1) is 17.1 Å². The van der Waals surface area contributed by atoms with E-state index in [-0.39, 0.29) is 11.4 Å². The van der Waals surface area contributed by atoms with Gasteiger partial charge in [-0.3, -0.25) is 10.2 Å². The van der Waals surface area contributed by atoms with Gasteiger partial charge in [0.1, 0.15) is 17.4 Å². The first-order valence-electron chi connectivity index (χ1n) is 11.6. The molecule has 0 fully saturated rings. The number of benzene rings is 3. The molecule has 0 saturated carbocycles. The highest BCUT2D eigenvalue weighted by molar-refractivity contribution is 8.27. The molecule has 0 unspecified atom stereocenters. The van der Waals surface area contributed by atoms with Crippen molar-refractivity contribution in [1.29, 1.82) is 5.41 Å². The number of hydrogen-bond acceptors (Lipinski definition) is 5. The molecule has 3 heterocycles. The molecule has 0 spiro atoms. The summed E-state index contributed by atoms with van der Waals surface area (Å²) in [6.45, 7) is 1.12. The summed E-state index contributed by atoms with van der Waals surface area (Å²) in [4.78, 5) is 17.2. The summed E-state index contributed by atoms with van der Waals surface area (Å²) in [5, 5.41) is 17.2. The third kappa shape index (κ3) is 4.45. The van der Waals surface area contributed by atoms with Crippen molar-refractivity contribution >= 4 is 62.3 Å². The molecule has 0 bridgehead atoms. The summed E-state index contributed by atoms with van der Waals surface area (Å²) >= 11 is 7.56. The number of ether oxygens (including phenoxy) is 1. The summed E-state index contributed by atoms with van der Waals surface area (Å²) < 4.78 is 7.97. The monoisotopic (exact) mass is 525 g/mol. The van der Waals surface area contributed by atoms with Gasteiger partial charge in [0.15, 0.2) is 5.84 Å². The fraction of sp³-hybridized carbons (Fsp3) is 0.0714. The summed E-state index contributed by atoms with van der Waals surface area (Å²) in [5.74, 6) is 0.328. The van der Waals surface area contributed by atoms with Gasteiger partial charge in [-0.25, -0.2) is 0 Å². The van der Waals surface area contributed by atoms with Gasteiger partial charge in [0, 0.05) is 28.2 Å². The zero-order valence-corrected chi connectivity index (χ0v) is 21.0. The number of aromatic nitrogens is 1. The van der Waals surface area contributed by atoms with Crippen LogP contribution < -0.4 is 4.74 Å². The fourth-order valence-electron chi connectivity index (χ4n) is 4.24. The molecule has 0 aliphatic carbocycles. The van der Waals surface area contributed by atoms with Gasteiger partial charge in [-0.1, -0.05) is 66.2 Å². The molecule has 37 heavy (non-hydrogen) atoms. The topological polar surface area (TPSA) is 83.0 Å². The van der Waals surface area contributed by atoms with Gasteiger partial charge < -0.3 is 9.30 Å². The molecule has 0 saturated heterocycles. The molecular formula is C28H20ClN5O2S. The number of hydrazone groups is 1. The van der Waals surface area contributed by atoms with Crippen LogP contribution in [0, 0.1) is 5.41 Å². The van der Waals surface area contributed by atoms with Crippen LogP contribution in [0.1, 0.15) is 11.1 Å². The first-order chi connectivity index (χ1) is 18.1. The molecular weight excluding hydrogens is 506 g/mol. The largest absolute Gasteiger partial charge is 0.492 e. The molecule has 7 nitrogen and oxygen atoms in total. The van der Waals surface area contributed by atoms with Gasteiger partial charge in [0.25, 0.3) is 5.91 Å². The Kier molecular flexibility index (Phi) is 6.12. The molecule has 2 aliphatic rings. The Morgan fingerprint density at radius 3 is 2.59 bits per heavy atom. The molecule has 4 aromatic rings. The minimum absolute atomic E-state index is 0.0196. The van der Waals surface area contributed by atoms with E-state index in [9.17, 15) is 4.79 Å². The van der Waals surface area contributed by atoms with Crippen molar-refractivity contribution in [3.63, 3.8) is 0 Å². The van der Waals surface area contributed by atoms with E-state index < -0.39 is 5.91 Å². The number of nitrogens with zero attached hydrogens (tertiary/aromatic N) is 4. The van der Waals surface area contributed by atoms with Gasteiger partial charge in [-0.05, 0) is 42.1 Å². The Balaban J connectivity index is 1.30. The number of rotatable bonds is 6. The first-order valence-corrected chi connectivity index (χ1v) is 12.8. The lowest BCUT2D eigenvalue weighted by Gasteiger charge is -2.20. The maximum Gasteiger partial charge on any atom is 0.283 e. The number of carbonyl (C=O) groups excluding carboxylic acids is 1. The Labute approximate surface area is 222 Å². The molecule has 1 aromatic heterocycles. The Hall–Kier alpha value is -4.14. The van der Waals surface area contributed by atoms with Crippen molar-refractivity contribution in [1.82, 2.24) is 9.58 Å². The highest BCUT2D eigenvalue weighted by Gasteiger charge is 2.36. The molecule has 1 amide bonds. The number of halogens is 1. The number of aliphatic imine (C=N–C) groups is 1. The van der Waals surface area contributed by atoms with Crippen LogP contribution in [0.15, 0.2) is 101 Å². The third-order valence-electron chi connectivity index (χ3n) is 6.02. The molecule has 9 heteroatoms. The van der Waals surface area contributed by atoms with Crippen molar-refractivity contribution in [3.8, 4) is 5.75 Å². The van der Waals surface area contributed by atoms with Crippen molar-refractivity contribution in [2.24, 2.45) is 10.1 Å². The van der Waals surface area contributed by atoms with Gasteiger partial charge in [0.2, 0.25) is 5.17 Å². The van der Waals surface area contributed by atoms with E-state index in [4.69, 9.17) is 21.7 Å². The number of amidine groups is 2. The molecule has 2 aliphatic heterocycles. The van der Waals surface area contributed by atoms with Crippen LogP contribution in [0.2, 0.25) is 5.02 Å².